The number of amides is 3. The first kappa shape index (κ1) is 24.5. The third-order valence-corrected chi connectivity index (χ3v) is 7.35. The van der Waals surface area contributed by atoms with E-state index in [9.17, 15) is 14.0 Å². The molecular formula is C26H32ClFN4O2. The molecule has 1 unspecified atom stereocenters. The van der Waals surface area contributed by atoms with Crippen molar-refractivity contribution in [3.63, 3.8) is 0 Å². The SMILES string of the molecule is Cl.O=C1NC2(CCc3ccccc3C2)C(=O)N1CCCCN1CCN(c2ccccc2F)CC1. The van der Waals surface area contributed by atoms with Crippen LogP contribution in [0, 0.1) is 5.82 Å². The lowest BCUT2D eigenvalue weighted by Crippen LogP contribution is -2.51. The number of fused-ring (bicyclic) bond motifs is 1. The van der Waals surface area contributed by atoms with Crippen LogP contribution in [0.5, 0.6) is 0 Å². The standard InChI is InChI=1S/C26H31FN4O2.ClH/c27-22-9-3-4-10-23(22)30-17-15-29(16-18-30)13-5-6-14-31-24(32)26(28-25(31)33)12-11-20-7-1-2-8-21(20)19-26;/h1-4,7-10H,5-6,11-19H2,(H,28,33);1H. The fourth-order valence-corrected chi connectivity index (χ4v) is 5.43. The van der Waals surface area contributed by atoms with Gasteiger partial charge in [-0.1, -0.05) is 36.4 Å². The maximum Gasteiger partial charge on any atom is 0.325 e. The quantitative estimate of drug-likeness (QED) is 0.500. The van der Waals surface area contributed by atoms with Crippen molar-refractivity contribution in [2.75, 3.05) is 44.2 Å². The fourth-order valence-electron chi connectivity index (χ4n) is 5.43. The molecule has 2 saturated heterocycles. The topological polar surface area (TPSA) is 55.9 Å². The summed E-state index contributed by atoms with van der Waals surface area (Å²) in [6, 6.07) is 14.9. The number of urea groups is 1. The molecule has 6 nitrogen and oxygen atoms in total. The van der Waals surface area contributed by atoms with Crippen LogP contribution >= 0.6 is 12.4 Å². The van der Waals surface area contributed by atoms with Crippen molar-refractivity contribution in [3.8, 4) is 0 Å². The number of unbranched alkanes of at least 4 members (excludes halogenated alkanes) is 1. The van der Waals surface area contributed by atoms with Gasteiger partial charge in [-0.05, 0) is 55.5 Å². The number of halogens is 2. The molecule has 2 aromatic carbocycles. The zero-order chi connectivity index (χ0) is 22.8. The number of imide groups is 1. The monoisotopic (exact) mass is 486 g/mol. The molecule has 3 aliphatic rings. The van der Waals surface area contributed by atoms with E-state index >= 15 is 0 Å². The second kappa shape index (κ2) is 10.3. The highest BCUT2D eigenvalue weighted by Crippen LogP contribution is 2.33. The number of hydrogen-bond donors (Lipinski definition) is 1. The van der Waals surface area contributed by atoms with Crippen molar-refractivity contribution < 1.29 is 14.0 Å². The van der Waals surface area contributed by atoms with Gasteiger partial charge in [0, 0.05) is 39.1 Å². The van der Waals surface area contributed by atoms with E-state index < -0.39 is 5.54 Å². The number of carbonyl (C=O) groups excluding carboxylic acids is 2. The largest absolute Gasteiger partial charge is 0.367 e. The van der Waals surface area contributed by atoms with Crippen molar-refractivity contribution >= 4 is 30.0 Å². The summed E-state index contributed by atoms with van der Waals surface area (Å²) >= 11 is 0. The first-order valence-electron chi connectivity index (χ1n) is 12.0. The molecule has 1 spiro atoms. The van der Waals surface area contributed by atoms with E-state index in [1.165, 1.54) is 16.5 Å². The van der Waals surface area contributed by atoms with E-state index in [1.54, 1.807) is 6.07 Å². The molecule has 5 rings (SSSR count). The average molecular weight is 487 g/mol. The van der Waals surface area contributed by atoms with Gasteiger partial charge in [-0.3, -0.25) is 14.6 Å². The van der Waals surface area contributed by atoms with Gasteiger partial charge in [-0.2, -0.15) is 0 Å². The van der Waals surface area contributed by atoms with Gasteiger partial charge in [0.1, 0.15) is 11.4 Å². The molecule has 0 bridgehead atoms. The van der Waals surface area contributed by atoms with E-state index in [0.29, 0.717) is 25.1 Å². The molecule has 2 heterocycles. The summed E-state index contributed by atoms with van der Waals surface area (Å²) < 4.78 is 14.0. The van der Waals surface area contributed by atoms with Crippen LogP contribution in [0.4, 0.5) is 14.9 Å². The lowest BCUT2D eigenvalue weighted by molar-refractivity contribution is -0.131. The van der Waals surface area contributed by atoms with Gasteiger partial charge in [-0.25, -0.2) is 9.18 Å². The van der Waals surface area contributed by atoms with Crippen molar-refractivity contribution in [3.05, 3.63) is 65.5 Å². The second-order valence-corrected chi connectivity index (χ2v) is 9.40. The van der Waals surface area contributed by atoms with Crippen LogP contribution in [0.25, 0.3) is 0 Å². The Labute approximate surface area is 206 Å². The van der Waals surface area contributed by atoms with E-state index in [2.05, 4.69) is 27.2 Å². The number of anilines is 1. The molecule has 0 radical (unpaired) electrons. The van der Waals surface area contributed by atoms with E-state index in [0.717, 1.165) is 57.5 Å². The fraction of sp³-hybridized carbons (Fsp3) is 0.462. The zero-order valence-corrected chi connectivity index (χ0v) is 20.2. The first-order valence-corrected chi connectivity index (χ1v) is 12.0. The van der Waals surface area contributed by atoms with Crippen LogP contribution in [-0.2, 0) is 17.6 Å². The smallest absolute Gasteiger partial charge is 0.325 e. The number of aryl methyl sites for hydroxylation is 1. The molecule has 0 saturated carbocycles. The summed E-state index contributed by atoms with van der Waals surface area (Å²) in [6.45, 7) is 4.77. The van der Waals surface area contributed by atoms with Crippen LogP contribution in [0.2, 0.25) is 0 Å². The van der Waals surface area contributed by atoms with Gasteiger partial charge in [0.15, 0.2) is 0 Å². The van der Waals surface area contributed by atoms with Gasteiger partial charge in [0.2, 0.25) is 0 Å². The third-order valence-electron chi connectivity index (χ3n) is 7.35. The zero-order valence-electron chi connectivity index (χ0n) is 19.3. The minimum atomic E-state index is -0.769. The van der Waals surface area contributed by atoms with Crippen molar-refractivity contribution in [1.29, 1.82) is 0 Å². The molecule has 2 aromatic rings. The molecule has 8 heteroatoms. The van der Waals surface area contributed by atoms with Crippen molar-refractivity contribution in [2.24, 2.45) is 0 Å². The Bertz CT molecular complexity index is 1040. The predicted octanol–water partition coefficient (Wildman–Crippen LogP) is 3.63. The van der Waals surface area contributed by atoms with Crippen LogP contribution in [0.1, 0.15) is 30.4 Å². The Morgan fingerprint density at radius 3 is 2.32 bits per heavy atom. The van der Waals surface area contributed by atoms with Crippen LogP contribution in [-0.4, -0.2) is 66.5 Å². The first-order chi connectivity index (χ1) is 16.1. The highest BCUT2D eigenvalue weighted by atomic mass is 35.5. The van der Waals surface area contributed by atoms with Crippen LogP contribution in [0.15, 0.2) is 48.5 Å². The molecule has 2 aliphatic heterocycles. The summed E-state index contributed by atoms with van der Waals surface area (Å²) in [5.74, 6) is -0.237. The lowest BCUT2D eigenvalue weighted by Gasteiger charge is -2.36. The van der Waals surface area contributed by atoms with Gasteiger partial charge in [0.05, 0.1) is 5.69 Å². The molecule has 34 heavy (non-hydrogen) atoms. The Balaban J connectivity index is 0.00000274. The molecule has 0 aromatic heterocycles. The summed E-state index contributed by atoms with van der Waals surface area (Å²) in [4.78, 5) is 31.7. The maximum absolute atomic E-state index is 14.0. The number of hydrogen-bond acceptors (Lipinski definition) is 4. The van der Waals surface area contributed by atoms with Crippen molar-refractivity contribution in [2.45, 2.75) is 37.6 Å². The number of nitrogens with zero attached hydrogens (tertiary/aromatic N) is 3. The van der Waals surface area contributed by atoms with E-state index in [-0.39, 0.29) is 30.2 Å². The number of carbonyl (C=O) groups is 2. The maximum atomic E-state index is 14.0. The van der Waals surface area contributed by atoms with Crippen molar-refractivity contribution in [1.82, 2.24) is 15.1 Å². The average Bonchev–Trinajstić information content (AvgIpc) is 3.06. The number of piperazine rings is 1. The number of para-hydroxylation sites is 1. The summed E-state index contributed by atoms with van der Waals surface area (Å²) in [7, 11) is 0. The minimum Gasteiger partial charge on any atom is -0.367 e. The van der Waals surface area contributed by atoms with Crippen LogP contribution in [0.3, 0.4) is 0 Å². The lowest BCUT2D eigenvalue weighted by atomic mass is 9.78. The number of nitrogens with one attached hydrogen (secondary N) is 1. The van der Waals surface area contributed by atoms with E-state index in [4.69, 9.17) is 0 Å². The molecular weight excluding hydrogens is 455 g/mol. The van der Waals surface area contributed by atoms with Gasteiger partial charge < -0.3 is 10.2 Å². The number of benzene rings is 2. The highest BCUT2D eigenvalue weighted by molar-refractivity contribution is 6.07. The third kappa shape index (κ3) is 4.77. The van der Waals surface area contributed by atoms with Gasteiger partial charge >= 0.3 is 6.03 Å². The number of rotatable bonds is 6. The predicted molar refractivity (Wildman–Crippen MR) is 133 cm³/mol. The Kier molecular flexibility index (Phi) is 7.43. The summed E-state index contributed by atoms with van der Waals surface area (Å²) in [6.07, 6.45) is 3.77. The van der Waals surface area contributed by atoms with Gasteiger partial charge in [0.25, 0.3) is 5.91 Å². The van der Waals surface area contributed by atoms with E-state index in [1.807, 2.05) is 24.3 Å². The molecule has 2 fully saturated rings. The molecule has 1 N–H and O–H groups in total. The van der Waals surface area contributed by atoms with Crippen LogP contribution < -0.4 is 10.2 Å². The molecule has 182 valence electrons. The summed E-state index contributed by atoms with van der Waals surface area (Å²) in [5.41, 5.74) is 2.34. The molecule has 1 aliphatic carbocycles. The minimum absolute atomic E-state index is 0. The van der Waals surface area contributed by atoms with Gasteiger partial charge in [-0.15, -0.1) is 12.4 Å². The highest BCUT2D eigenvalue weighted by Gasteiger charge is 2.51. The second-order valence-electron chi connectivity index (χ2n) is 9.40. The Hall–Kier alpha value is -2.64. The normalized spacial score (nSPS) is 22.5. The molecule has 3 amide bonds. The molecule has 1 atom stereocenters. The summed E-state index contributed by atoms with van der Waals surface area (Å²) in [5, 5.41) is 3.02. The Morgan fingerprint density at radius 1 is 0.882 bits per heavy atom. The Morgan fingerprint density at radius 2 is 1.56 bits per heavy atom.